The molecule has 5 heteroatoms. The van der Waals surface area contributed by atoms with Gasteiger partial charge in [0.05, 0.1) is 11.9 Å². The lowest BCUT2D eigenvalue weighted by Crippen LogP contribution is -2.17. The van der Waals surface area contributed by atoms with Crippen molar-refractivity contribution in [3.8, 4) is 0 Å². The van der Waals surface area contributed by atoms with Crippen LogP contribution in [0.1, 0.15) is 32.3 Å². The van der Waals surface area contributed by atoms with Crippen LogP contribution in [0.25, 0.3) is 5.78 Å². The zero-order chi connectivity index (χ0) is 11.2. The molecule has 0 amide bonds. The van der Waals surface area contributed by atoms with Crippen molar-refractivity contribution in [1.82, 2.24) is 19.2 Å². The van der Waals surface area contributed by atoms with E-state index in [2.05, 4.69) is 30.9 Å². The number of aromatic nitrogens is 4. The summed E-state index contributed by atoms with van der Waals surface area (Å²) >= 11 is 0. The summed E-state index contributed by atoms with van der Waals surface area (Å²) in [4.78, 5) is 4.40. The zero-order valence-corrected chi connectivity index (χ0v) is 9.65. The molecular weight excluding hydrogens is 190 g/mol. The quantitative estimate of drug-likeness (QED) is 0.753. The lowest BCUT2D eigenvalue weighted by Gasteiger charge is -2.16. The second-order valence-corrected chi connectivity index (χ2v) is 4.81. The van der Waals surface area contributed by atoms with Gasteiger partial charge in [-0.2, -0.15) is 5.10 Å². The Bertz CT molecular complexity index is 486. The van der Waals surface area contributed by atoms with Crippen molar-refractivity contribution in [1.29, 1.82) is 0 Å². The zero-order valence-electron chi connectivity index (χ0n) is 9.65. The highest BCUT2D eigenvalue weighted by molar-refractivity contribution is 5.33. The first-order chi connectivity index (χ1) is 6.93. The van der Waals surface area contributed by atoms with E-state index in [0.29, 0.717) is 6.54 Å². The molecule has 0 saturated heterocycles. The smallest absolute Gasteiger partial charge is 0.232 e. The van der Waals surface area contributed by atoms with Gasteiger partial charge in [-0.25, -0.2) is 9.50 Å². The maximum Gasteiger partial charge on any atom is 0.232 e. The average molecular weight is 207 g/mol. The topological polar surface area (TPSA) is 61.1 Å². The van der Waals surface area contributed by atoms with Crippen LogP contribution in [0.3, 0.4) is 0 Å². The predicted octanol–water partition coefficient (Wildman–Crippen LogP) is 0.824. The number of nitrogens with two attached hydrogens (primary N) is 1. The lowest BCUT2D eigenvalue weighted by molar-refractivity contribution is 0.519. The summed E-state index contributed by atoms with van der Waals surface area (Å²) in [5.74, 6) is 1.87. The van der Waals surface area contributed by atoms with E-state index in [1.165, 1.54) is 0 Å². The molecular formula is C10H17N5. The van der Waals surface area contributed by atoms with E-state index < -0.39 is 0 Å². The van der Waals surface area contributed by atoms with Gasteiger partial charge in [0.15, 0.2) is 0 Å². The van der Waals surface area contributed by atoms with Gasteiger partial charge in [0.1, 0.15) is 5.82 Å². The lowest BCUT2D eigenvalue weighted by atomic mass is 9.96. The van der Waals surface area contributed by atoms with Crippen molar-refractivity contribution in [2.45, 2.75) is 32.7 Å². The van der Waals surface area contributed by atoms with Gasteiger partial charge in [0.2, 0.25) is 5.78 Å². The maximum atomic E-state index is 5.53. The number of hydrogen-bond donors (Lipinski definition) is 1. The van der Waals surface area contributed by atoms with Gasteiger partial charge in [0.25, 0.3) is 0 Å². The number of nitrogens with zero attached hydrogens (tertiary/aromatic N) is 4. The van der Waals surface area contributed by atoms with Gasteiger partial charge in [-0.05, 0) is 0 Å². The molecule has 0 radical (unpaired) electrons. The summed E-state index contributed by atoms with van der Waals surface area (Å²) in [6.07, 6.45) is 1.88. The Morgan fingerprint density at radius 3 is 2.53 bits per heavy atom. The molecule has 0 unspecified atom stereocenters. The Balaban J connectivity index is 2.63. The predicted molar refractivity (Wildman–Crippen MR) is 58.5 cm³/mol. The van der Waals surface area contributed by atoms with E-state index in [9.17, 15) is 0 Å². The van der Waals surface area contributed by atoms with Gasteiger partial charge < -0.3 is 5.73 Å². The van der Waals surface area contributed by atoms with Crippen molar-refractivity contribution in [2.75, 3.05) is 0 Å². The van der Waals surface area contributed by atoms with Crippen molar-refractivity contribution in [3.63, 3.8) is 0 Å². The third-order valence-corrected chi connectivity index (χ3v) is 2.42. The number of rotatable bonds is 1. The Labute approximate surface area is 88.9 Å². The van der Waals surface area contributed by atoms with E-state index in [0.717, 1.165) is 17.3 Å². The summed E-state index contributed by atoms with van der Waals surface area (Å²) in [6, 6.07) is 0. The SMILES string of the molecule is Cn1c(C(C)(C)C)nn2cc(CN)nc12. The molecule has 15 heavy (non-hydrogen) atoms. The Hall–Kier alpha value is -1.36. The van der Waals surface area contributed by atoms with Gasteiger partial charge in [-0.15, -0.1) is 0 Å². The third kappa shape index (κ3) is 1.52. The molecule has 5 nitrogen and oxygen atoms in total. The number of fused-ring (bicyclic) bond motifs is 1. The van der Waals surface area contributed by atoms with Crippen LogP contribution in [-0.4, -0.2) is 19.2 Å². The molecule has 0 aliphatic heterocycles. The van der Waals surface area contributed by atoms with Crippen LogP contribution in [0.4, 0.5) is 0 Å². The summed E-state index contributed by atoms with van der Waals surface area (Å²) in [7, 11) is 1.98. The Morgan fingerprint density at radius 2 is 2.07 bits per heavy atom. The average Bonchev–Trinajstić information content (AvgIpc) is 2.64. The van der Waals surface area contributed by atoms with Crippen LogP contribution < -0.4 is 5.73 Å². The minimum absolute atomic E-state index is 0.0261. The monoisotopic (exact) mass is 207 g/mol. The van der Waals surface area contributed by atoms with Crippen LogP contribution in [-0.2, 0) is 19.0 Å². The van der Waals surface area contributed by atoms with Crippen LogP contribution in [0.15, 0.2) is 6.20 Å². The highest BCUT2D eigenvalue weighted by atomic mass is 15.4. The van der Waals surface area contributed by atoms with Crippen LogP contribution in [0.5, 0.6) is 0 Å². The largest absolute Gasteiger partial charge is 0.325 e. The fourth-order valence-corrected chi connectivity index (χ4v) is 1.73. The first-order valence-corrected chi connectivity index (χ1v) is 5.05. The van der Waals surface area contributed by atoms with Crippen molar-refractivity contribution in [2.24, 2.45) is 12.8 Å². The second-order valence-electron chi connectivity index (χ2n) is 4.81. The molecule has 0 aliphatic rings. The molecule has 0 bridgehead atoms. The fraction of sp³-hybridized carbons (Fsp3) is 0.600. The first-order valence-electron chi connectivity index (χ1n) is 5.05. The first kappa shape index (κ1) is 10.2. The van der Waals surface area contributed by atoms with Crippen molar-refractivity contribution < 1.29 is 0 Å². The molecule has 0 aliphatic carbocycles. The molecule has 0 fully saturated rings. The van der Waals surface area contributed by atoms with Gasteiger partial charge >= 0.3 is 0 Å². The number of aryl methyl sites for hydroxylation is 1. The Morgan fingerprint density at radius 1 is 1.40 bits per heavy atom. The summed E-state index contributed by atoms with van der Waals surface area (Å²) < 4.78 is 3.81. The van der Waals surface area contributed by atoms with Gasteiger partial charge in [-0.1, -0.05) is 20.8 Å². The van der Waals surface area contributed by atoms with Crippen LogP contribution >= 0.6 is 0 Å². The number of hydrogen-bond acceptors (Lipinski definition) is 3. The van der Waals surface area contributed by atoms with E-state index in [1.54, 1.807) is 4.52 Å². The molecule has 82 valence electrons. The summed E-state index contributed by atoms with van der Waals surface area (Å²) in [5, 5.41) is 4.51. The fourth-order valence-electron chi connectivity index (χ4n) is 1.73. The molecule has 0 atom stereocenters. The summed E-state index contributed by atoms with van der Waals surface area (Å²) in [5.41, 5.74) is 6.43. The molecule has 2 aromatic heterocycles. The Kier molecular flexibility index (Phi) is 2.08. The highest BCUT2D eigenvalue weighted by Crippen LogP contribution is 2.21. The van der Waals surface area contributed by atoms with E-state index >= 15 is 0 Å². The van der Waals surface area contributed by atoms with Crippen LogP contribution in [0.2, 0.25) is 0 Å². The van der Waals surface area contributed by atoms with Gasteiger partial charge in [0, 0.05) is 19.0 Å². The minimum Gasteiger partial charge on any atom is -0.325 e. The minimum atomic E-state index is 0.0261. The van der Waals surface area contributed by atoms with E-state index in [1.807, 2.05) is 17.8 Å². The van der Waals surface area contributed by atoms with E-state index in [-0.39, 0.29) is 5.41 Å². The molecule has 0 saturated carbocycles. The summed E-state index contributed by atoms with van der Waals surface area (Å²) in [6.45, 7) is 6.87. The molecule has 0 aromatic carbocycles. The van der Waals surface area contributed by atoms with Gasteiger partial charge in [-0.3, -0.25) is 4.57 Å². The number of imidazole rings is 1. The highest BCUT2D eigenvalue weighted by Gasteiger charge is 2.22. The molecule has 2 rings (SSSR count). The van der Waals surface area contributed by atoms with Crippen LogP contribution in [0, 0.1) is 0 Å². The van der Waals surface area contributed by atoms with Crippen molar-refractivity contribution >= 4 is 5.78 Å². The normalized spacial score (nSPS) is 12.6. The molecule has 0 spiro atoms. The molecule has 2 aromatic rings. The standard InChI is InChI=1S/C10H17N5/c1-10(2,3)8-13-15-6-7(5-11)12-9(15)14(8)4/h6H,5,11H2,1-4H3. The maximum absolute atomic E-state index is 5.53. The second kappa shape index (κ2) is 3.06. The van der Waals surface area contributed by atoms with Crippen molar-refractivity contribution in [3.05, 3.63) is 17.7 Å². The van der Waals surface area contributed by atoms with E-state index in [4.69, 9.17) is 5.73 Å². The third-order valence-electron chi connectivity index (χ3n) is 2.42. The molecule has 2 heterocycles. The molecule has 2 N–H and O–H groups in total.